The van der Waals surface area contributed by atoms with Gasteiger partial charge in [-0.3, -0.25) is 0 Å². The maximum atomic E-state index is 10.6. The van der Waals surface area contributed by atoms with Gasteiger partial charge in [-0.05, 0) is 31.1 Å². The average molecular weight is 264 g/mol. The number of ether oxygens (including phenoxy) is 1. The van der Waals surface area contributed by atoms with E-state index in [1.165, 1.54) is 0 Å². The van der Waals surface area contributed by atoms with Crippen LogP contribution in [0.2, 0.25) is 0 Å². The van der Waals surface area contributed by atoms with Gasteiger partial charge in [-0.1, -0.05) is 32.0 Å². The Bertz CT molecular complexity index is 389. The minimum atomic E-state index is -1.08. The molecule has 19 heavy (non-hydrogen) atoms. The number of carboxylic acid groups (broad SMARTS) is 1. The third-order valence-electron chi connectivity index (χ3n) is 3.08. The second-order valence-electron chi connectivity index (χ2n) is 4.39. The van der Waals surface area contributed by atoms with Crippen molar-refractivity contribution in [3.8, 4) is 5.75 Å². The second kappa shape index (κ2) is 8.53. The maximum absolute atomic E-state index is 10.6. The summed E-state index contributed by atoms with van der Waals surface area (Å²) >= 11 is 0. The van der Waals surface area contributed by atoms with Crippen LogP contribution in [0.15, 0.2) is 24.3 Å². The van der Waals surface area contributed by atoms with Crippen LogP contribution < -0.4 is 9.84 Å². The smallest absolute Gasteiger partial charge is 0.122 e. The summed E-state index contributed by atoms with van der Waals surface area (Å²) in [5, 5.41) is 10.6. The van der Waals surface area contributed by atoms with Gasteiger partial charge in [0.2, 0.25) is 0 Å². The molecule has 0 unspecified atom stereocenters. The molecule has 0 atom stereocenters. The molecular weight excluding hydrogens is 242 g/mol. The summed E-state index contributed by atoms with van der Waals surface area (Å²) < 4.78 is 5.66. The van der Waals surface area contributed by atoms with Gasteiger partial charge in [0.25, 0.3) is 0 Å². The fourth-order valence-corrected chi connectivity index (χ4v) is 1.96. The van der Waals surface area contributed by atoms with Crippen LogP contribution in [-0.4, -0.2) is 37.1 Å². The Labute approximate surface area is 115 Å². The van der Waals surface area contributed by atoms with Crippen LogP contribution in [0.5, 0.6) is 5.75 Å². The number of nitrogens with zero attached hydrogens (tertiary/aromatic N) is 1. The Balaban J connectivity index is 2.42. The molecule has 0 fully saturated rings. The van der Waals surface area contributed by atoms with E-state index in [2.05, 4.69) is 18.7 Å². The molecule has 106 valence electrons. The van der Waals surface area contributed by atoms with E-state index < -0.39 is 5.97 Å². The molecule has 0 aliphatic rings. The van der Waals surface area contributed by atoms with Crippen LogP contribution in [0.25, 0.3) is 0 Å². The van der Waals surface area contributed by atoms with E-state index in [-0.39, 0.29) is 6.42 Å². The average Bonchev–Trinajstić information content (AvgIpc) is 2.40. The number of aliphatic carboxylic acids is 1. The predicted octanol–water partition coefficient (Wildman–Crippen LogP) is 1.09. The van der Waals surface area contributed by atoms with Crippen molar-refractivity contribution in [3.63, 3.8) is 0 Å². The molecule has 0 bridgehead atoms. The fraction of sp³-hybridized carbons (Fsp3) is 0.533. The molecule has 1 aromatic carbocycles. The topological polar surface area (TPSA) is 52.6 Å². The van der Waals surface area contributed by atoms with E-state index in [9.17, 15) is 9.90 Å². The van der Waals surface area contributed by atoms with Crippen molar-refractivity contribution in [2.75, 3.05) is 26.2 Å². The summed E-state index contributed by atoms with van der Waals surface area (Å²) in [6.45, 7) is 7.95. The van der Waals surface area contributed by atoms with Crippen LogP contribution in [0.3, 0.4) is 0 Å². The second-order valence-corrected chi connectivity index (χ2v) is 4.39. The third kappa shape index (κ3) is 5.75. The Kier molecular flexibility index (Phi) is 6.97. The van der Waals surface area contributed by atoms with Crippen molar-refractivity contribution in [2.45, 2.75) is 26.7 Å². The van der Waals surface area contributed by atoms with Crippen molar-refractivity contribution in [3.05, 3.63) is 29.8 Å². The van der Waals surface area contributed by atoms with Gasteiger partial charge in [0, 0.05) is 18.9 Å². The predicted molar refractivity (Wildman–Crippen MR) is 73.1 cm³/mol. The van der Waals surface area contributed by atoms with Crippen LogP contribution in [-0.2, 0) is 11.2 Å². The minimum absolute atomic E-state index is 0.105. The molecule has 0 aliphatic carbocycles. The molecule has 0 spiro atoms. The lowest BCUT2D eigenvalue weighted by Crippen LogP contribution is -2.25. The molecule has 1 aromatic rings. The molecule has 4 heteroatoms. The van der Waals surface area contributed by atoms with Crippen molar-refractivity contribution in [1.82, 2.24) is 4.90 Å². The van der Waals surface area contributed by atoms with Gasteiger partial charge >= 0.3 is 0 Å². The molecule has 0 amide bonds. The van der Waals surface area contributed by atoms with E-state index in [4.69, 9.17) is 4.74 Å². The van der Waals surface area contributed by atoms with Crippen molar-refractivity contribution in [2.24, 2.45) is 0 Å². The van der Waals surface area contributed by atoms with E-state index in [0.29, 0.717) is 17.9 Å². The molecular formula is C15H22NO3-. The Morgan fingerprint density at radius 3 is 2.58 bits per heavy atom. The van der Waals surface area contributed by atoms with Gasteiger partial charge in [0.15, 0.2) is 0 Å². The van der Waals surface area contributed by atoms with Gasteiger partial charge in [-0.2, -0.15) is 0 Å². The number of carboxylic acids is 1. The first-order valence-corrected chi connectivity index (χ1v) is 6.80. The Morgan fingerprint density at radius 2 is 1.95 bits per heavy atom. The molecule has 0 aromatic heterocycles. The zero-order valence-electron chi connectivity index (χ0n) is 11.7. The van der Waals surface area contributed by atoms with Crippen molar-refractivity contribution < 1.29 is 14.6 Å². The van der Waals surface area contributed by atoms with Gasteiger partial charge in [-0.15, -0.1) is 0 Å². The first-order chi connectivity index (χ1) is 9.17. The molecule has 0 N–H and O–H groups in total. The number of hydrogen-bond acceptors (Lipinski definition) is 4. The number of carbonyl (C=O) groups excluding carboxylic acids is 1. The van der Waals surface area contributed by atoms with Gasteiger partial charge in [-0.25, -0.2) is 0 Å². The largest absolute Gasteiger partial charge is 0.550 e. The van der Waals surface area contributed by atoms with Crippen molar-refractivity contribution in [1.29, 1.82) is 0 Å². The highest BCUT2D eigenvalue weighted by molar-refractivity contribution is 5.69. The van der Waals surface area contributed by atoms with Crippen molar-refractivity contribution >= 4 is 5.97 Å². The molecule has 0 radical (unpaired) electrons. The monoisotopic (exact) mass is 264 g/mol. The molecule has 0 saturated heterocycles. The third-order valence-corrected chi connectivity index (χ3v) is 3.08. The summed E-state index contributed by atoms with van der Waals surface area (Å²) in [7, 11) is 0. The highest BCUT2D eigenvalue weighted by Gasteiger charge is 2.04. The molecule has 0 heterocycles. The zero-order valence-corrected chi connectivity index (χ0v) is 11.7. The van der Waals surface area contributed by atoms with Crippen LogP contribution in [0.1, 0.15) is 25.8 Å². The first kappa shape index (κ1) is 15.5. The van der Waals surface area contributed by atoms with E-state index in [0.717, 1.165) is 26.1 Å². The SMILES string of the molecule is CCN(CC)CCCOc1ccccc1CC(=O)[O-]. The lowest BCUT2D eigenvalue weighted by molar-refractivity contribution is -0.304. The lowest BCUT2D eigenvalue weighted by Gasteiger charge is -2.18. The highest BCUT2D eigenvalue weighted by Crippen LogP contribution is 2.18. The molecule has 0 aliphatic heterocycles. The summed E-state index contributed by atoms with van der Waals surface area (Å²) in [4.78, 5) is 13.0. The number of carbonyl (C=O) groups is 1. The standard InChI is InChI=1S/C15H23NO3/c1-3-16(4-2)10-7-11-19-14-9-6-5-8-13(14)12-15(17)18/h5-6,8-9H,3-4,7,10-12H2,1-2H3,(H,17,18)/p-1. The molecule has 1 rings (SSSR count). The van der Waals surface area contributed by atoms with Gasteiger partial charge in [0.05, 0.1) is 6.61 Å². The first-order valence-electron chi connectivity index (χ1n) is 6.80. The maximum Gasteiger partial charge on any atom is 0.122 e. The number of benzene rings is 1. The number of hydrogen-bond donors (Lipinski definition) is 0. The van der Waals surface area contributed by atoms with Gasteiger partial charge in [0.1, 0.15) is 5.75 Å². The van der Waals surface area contributed by atoms with Crippen LogP contribution >= 0.6 is 0 Å². The molecule has 0 saturated carbocycles. The highest BCUT2D eigenvalue weighted by atomic mass is 16.5. The minimum Gasteiger partial charge on any atom is -0.550 e. The fourth-order valence-electron chi connectivity index (χ4n) is 1.96. The normalized spacial score (nSPS) is 10.7. The lowest BCUT2D eigenvalue weighted by atomic mass is 10.1. The summed E-state index contributed by atoms with van der Waals surface area (Å²) in [5.41, 5.74) is 0.672. The zero-order chi connectivity index (χ0) is 14.1. The van der Waals surface area contributed by atoms with E-state index in [1.807, 2.05) is 6.07 Å². The summed E-state index contributed by atoms with van der Waals surface area (Å²) in [6.07, 6.45) is 0.827. The number of para-hydroxylation sites is 1. The van der Waals surface area contributed by atoms with Crippen LogP contribution in [0, 0.1) is 0 Å². The van der Waals surface area contributed by atoms with E-state index in [1.54, 1.807) is 18.2 Å². The quantitative estimate of drug-likeness (QED) is 0.627. The molecule has 4 nitrogen and oxygen atoms in total. The number of rotatable bonds is 9. The summed E-state index contributed by atoms with van der Waals surface area (Å²) in [5.74, 6) is -0.439. The Hall–Kier alpha value is -1.55. The summed E-state index contributed by atoms with van der Waals surface area (Å²) in [6, 6.07) is 7.21. The van der Waals surface area contributed by atoms with E-state index >= 15 is 0 Å². The van der Waals surface area contributed by atoms with Gasteiger partial charge < -0.3 is 19.5 Å². The Morgan fingerprint density at radius 1 is 1.26 bits per heavy atom. The van der Waals surface area contributed by atoms with Crippen LogP contribution in [0.4, 0.5) is 0 Å².